The van der Waals surface area contributed by atoms with Crippen LogP contribution >= 0.6 is 0 Å². The fourth-order valence-electron chi connectivity index (χ4n) is 5.76. The number of amides is 2. The highest BCUT2D eigenvalue weighted by molar-refractivity contribution is 5.90. The van der Waals surface area contributed by atoms with Gasteiger partial charge in [0.05, 0.1) is 26.1 Å². The lowest BCUT2D eigenvalue weighted by Gasteiger charge is -2.44. The first-order valence-electron chi connectivity index (χ1n) is 13.5. The quantitative estimate of drug-likeness (QED) is 0.543. The van der Waals surface area contributed by atoms with Crippen LogP contribution in [-0.2, 0) is 34.2 Å². The minimum absolute atomic E-state index is 0.0323. The average Bonchev–Trinajstić information content (AvgIpc) is 3.24. The van der Waals surface area contributed by atoms with Crippen LogP contribution in [0, 0.1) is 0 Å². The Morgan fingerprint density at radius 3 is 2.70 bits per heavy atom. The number of benzene rings is 2. The van der Waals surface area contributed by atoms with Crippen molar-refractivity contribution in [2.45, 2.75) is 44.6 Å². The maximum absolute atomic E-state index is 13.9. The minimum atomic E-state index is -1.01. The van der Waals surface area contributed by atoms with Crippen molar-refractivity contribution in [1.82, 2.24) is 14.4 Å². The standard InChI is InChI=1S/C30H37N3O4/c1-3-32-16-18-36-27-14-7-4-10-23(27)11-8-9-15-30(29(32)35)22-33(17-19-37-30)28(34)20-24-21-31(2)26-13-6-5-12-25(24)26/h4-7,10,12-14,21H,3,8-9,11,15-20,22H2,1-2H3. The maximum atomic E-state index is 13.9. The van der Waals surface area contributed by atoms with E-state index in [1.54, 1.807) is 0 Å². The molecule has 196 valence electrons. The number of ether oxygens (including phenoxy) is 2. The number of para-hydroxylation sites is 2. The van der Waals surface area contributed by atoms with Gasteiger partial charge in [-0.2, -0.15) is 0 Å². The minimum Gasteiger partial charge on any atom is -0.491 e. The van der Waals surface area contributed by atoms with E-state index in [2.05, 4.69) is 22.8 Å². The van der Waals surface area contributed by atoms with Crippen LogP contribution in [0.2, 0.25) is 0 Å². The number of rotatable bonds is 3. The van der Waals surface area contributed by atoms with Gasteiger partial charge in [0.25, 0.3) is 5.91 Å². The molecule has 1 unspecified atom stereocenters. The van der Waals surface area contributed by atoms with E-state index in [0.29, 0.717) is 52.2 Å². The fourth-order valence-corrected chi connectivity index (χ4v) is 5.76. The number of likely N-dealkylation sites (N-methyl/N-ethyl adjacent to an activating group) is 1. The second-order valence-corrected chi connectivity index (χ2v) is 10.2. The lowest BCUT2D eigenvalue weighted by molar-refractivity contribution is -0.176. The molecule has 2 aromatic carbocycles. The molecule has 1 aromatic heterocycles. The third-order valence-electron chi connectivity index (χ3n) is 7.79. The number of carbonyl (C=O) groups is 2. The Labute approximate surface area is 218 Å². The summed E-state index contributed by atoms with van der Waals surface area (Å²) in [6.45, 7) is 4.63. The van der Waals surface area contributed by atoms with Gasteiger partial charge in [0.1, 0.15) is 12.4 Å². The van der Waals surface area contributed by atoms with Crippen LogP contribution in [0.5, 0.6) is 5.75 Å². The third-order valence-corrected chi connectivity index (χ3v) is 7.79. The number of fused-ring (bicyclic) bond motifs is 2. The molecule has 0 N–H and O–H groups in total. The molecule has 1 atom stereocenters. The van der Waals surface area contributed by atoms with Gasteiger partial charge in [-0.25, -0.2) is 0 Å². The van der Waals surface area contributed by atoms with Crippen molar-refractivity contribution in [2.75, 3.05) is 39.4 Å². The number of aryl methyl sites for hydroxylation is 2. The molecule has 1 fully saturated rings. The SMILES string of the molecule is CCN1CCOc2ccccc2CCCCC2(CN(C(=O)Cc3cn(C)c4ccccc34)CCO2)C1=O. The molecular weight excluding hydrogens is 466 g/mol. The summed E-state index contributed by atoms with van der Waals surface area (Å²) in [5.41, 5.74) is 2.31. The molecule has 0 aliphatic carbocycles. The van der Waals surface area contributed by atoms with Gasteiger partial charge < -0.3 is 23.8 Å². The van der Waals surface area contributed by atoms with Crippen LogP contribution < -0.4 is 4.74 Å². The van der Waals surface area contributed by atoms with Crippen LogP contribution in [0.15, 0.2) is 54.7 Å². The van der Waals surface area contributed by atoms with Gasteiger partial charge in [-0.3, -0.25) is 9.59 Å². The van der Waals surface area contributed by atoms with Crippen LogP contribution in [0.1, 0.15) is 37.3 Å². The molecule has 2 amide bonds. The zero-order valence-corrected chi connectivity index (χ0v) is 21.9. The molecule has 0 bridgehead atoms. The normalized spacial score (nSPS) is 21.3. The second kappa shape index (κ2) is 11.0. The van der Waals surface area contributed by atoms with E-state index in [1.165, 1.54) is 5.56 Å². The van der Waals surface area contributed by atoms with E-state index >= 15 is 0 Å². The van der Waals surface area contributed by atoms with E-state index in [0.717, 1.165) is 41.5 Å². The highest BCUT2D eigenvalue weighted by Crippen LogP contribution is 2.30. The Balaban J connectivity index is 1.35. The number of hydrogen-bond acceptors (Lipinski definition) is 4. The summed E-state index contributed by atoms with van der Waals surface area (Å²) in [5, 5.41) is 1.10. The number of nitrogens with zero attached hydrogens (tertiary/aromatic N) is 3. The first-order valence-corrected chi connectivity index (χ1v) is 13.5. The number of aromatic nitrogens is 1. The molecule has 3 aromatic rings. The van der Waals surface area contributed by atoms with Crippen LogP contribution in [0.4, 0.5) is 0 Å². The predicted octanol–water partition coefficient (Wildman–Crippen LogP) is 3.97. The highest BCUT2D eigenvalue weighted by atomic mass is 16.5. The monoisotopic (exact) mass is 503 g/mol. The Kier molecular flexibility index (Phi) is 7.51. The molecule has 1 saturated heterocycles. The van der Waals surface area contributed by atoms with Crippen molar-refractivity contribution in [1.29, 1.82) is 0 Å². The zero-order chi connectivity index (χ0) is 25.8. The lowest BCUT2D eigenvalue weighted by atomic mass is 9.90. The van der Waals surface area contributed by atoms with Gasteiger partial charge in [0.2, 0.25) is 5.91 Å². The van der Waals surface area contributed by atoms with Crippen molar-refractivity contribution >= 4 is 22.7 Å². The van der Waals surface area contributed by atoms with Crippen LogP contribution in [0.25, 0.3) is 10.9 Å². The van der Waals surface area contributed by atoms with E-state index in [1.807, 2.05) is 60.3 Å². The maximum Gasteiger partial charge on any atom is 0.256 e. The Hall–Kier alpha value is -3.32. The molecule has 2 aliphatic rings. The Morgan fingerprint density at radius 2 is 1.84 bits per heavy atom. The topological polar surface area (TPSA) is 64.0 Å². The van der Waals surface area contributed by atoms with Gasteiger partial charge >= 0.3 is 0 Å². The summed E-state index contributed by atoms with van der Waals surface area (Å²) in [6, 6.07) is 16.3. The molecule has 37 heavy (non-hydrogen) atoms. The smallest absolute Gasteiger partial charge is 0.256 e. The van der Waals surface area contributed by atoms with Crippen LogP contribution in [-0.4, -0.2) is 71.2 Å². The summed E-state index contributed by atoms with van der Waals surface area (Å²) in [5.74, 6) is 0.911. The number of carbonyl (C=O) groups excluding carboxylic acids is 2. The van der Waals surface area contributed by atoms with Crippen molar-refractivity contribution in [3.8, 4) is 5.75 Å². The fraction of sp³-hybridized carbons (Fsp3) is 0.467. The van der Waals surface area contributed by atoms with Gasteiger partial charge in [-0.1, -0.05) is 36.4 Å². The highest BCUT2D eigenvalue weighted by Gasteiger charge is 2.46. The second-order valence-electron chi connectivity index (χ2n) is 10.2. The molecule has 2 aliphatic heterocycles. The van der Waals surface area contributed by atoms with Gasteiger partial charge in [-0.05, 0) is 55.9 Å². The molecule has 1 spiro atoms. The summed E-state index contributed by atoms with van der Waals surface area (Å²) < 4.78 is 14.4. The lowest BCUT2D eigenvalue weighted by Crippen LogP contribution is -2.62. The number of morpholine rings is 1. The first kappa shape index (κ1) is 25.3. The molecule has 0 saturated carbocycles. The van der Waals surface area contributed by atoms with Crippen molar-refractivity contribution in [3.05, 3.63) is 65.9 Å². The van der Waals surface area contributed by atoms with Gasteiger partial charge in [0, 0.05) is 37.2 Å². The number of hydrogen-bond donors (Lipinski definition) is 0. The van der Waals surface area contributed by atoms with E-state index in [-0.39, 0.29) is 11.8 Å². The Morgan fingerprint density at radius 1 is 1.03 bits per heavy atom. The Bertz CT molecular complexity index is 1270. The largest absolute Gasteiger partial charge is 0.491 e. The first-order chi connectivity index (χ1) is 18.0. The zero-order valence-electron chi connectivity index (χ0n) is 21.9. The van der Waals surface area contributed by atoms with E-state index in [4.69, 9.17) is 9.47 Å². The molecular formula is C30H37N3O4. The van der Waals surface area contributed by atoms with Gasteiger partial charge in [0.15, 0.2) is 5.60 Å². The predicted molar refractivity (Wildman–Crippen MR) is 144 cm³/mol. The summed E-state index contributed by atoms with van der Waals surface area (Å²) >= 11 is 0. The van der Waals surface area contributed by atoms with E-state index in [9.17, 15) is 9.59 Å². The third kappa shape index (κ3) is 5.23. The van der Waals surface area contributed by atoms with Crippen molar-refractivity contribution < 1.29 is 19.1 Å². The van der Waals surface area contributed by atoms with E-state index < -0.39 is 5.60 Å². The van der Waals surface area contributed by atoms with Crippen molar-refractivity contribution in [3.63, 3.8) is 0 Å². The molecule has 7 nitrogen and oxygen atoms in total. The van der Waals surface area contributed by atoms with Crippen molar-refractivity contribution in [2.24, 2.45) is 7.05 Å². The molecule has 3 heterocycles. The molecule has 7 heteroatoms. The molecule has 5 rings (SSSR count). The summed E-state index contributed by atoms with van der Waals surface area (Å²) in [7, 11) is 2.00. The van der Waals surface area contributed by atoms with Gasteiger partial charge in [-0.15, -0.1) is 0 Å². The summed E-state index contributed by atoms with van der Waals surface area (Å²) in [6.07, 6.45) is 5.60. The molecule has 0 radical (unpaired) electrons. The average molecular weight is 504 g/mol. The van der Waals surface area contributed by atoms with Crippen LogP contribution in [0.3, 0.4) is 0 Å². The summed E-state index contributed by atoms with van der Waals surface area (Å²) in [4.78, 5) is 31.1.